The fourth-order valence-corrected chi connectivity index (χ4v) is 6.06. The molecule has 2 saturated heterocycles. The molecule has 0 radical (unpaired) electrons. The van der Waals surface area contributed by atoms with Crippen molar-refractivity contribution < 1.29 is 4.74 Å². The lowest BCUT2D eigenvalue weighted by molar-refractivity contribution is 0.0407. The lowest BCUT2D eigenvalue weighted by Crippen LogP contribution is -2.33. The Balaban J connectivity index is 1.04. The number of benzene rings is 1. The molecule has 4 heterocycles. The fourth-order valence-electron chi connectivity index (χ4n) is 6.06. The lowest BCUT2D eigenvalue weighted by atomic mass is 10.0. The number of anilines is 1. The topological polar surface area (TPSA) is 68.1 Å². The first kappa shape index (κ1) is 20.1. The summed E-state index contributed by atoms with van der Waals surface area (Å²) >= 11 is 0. The highest BCUT2D eigenvalue weighted by atomic mass is 16.5. The van der Waals surface area contributed by atoms with Crippen molar-refractivity contribution in [1.29, 1.82) is 0 Å². The number of rotatable bonds is 5. The number of nitrogens with one attached hydrogen (secondary N) is 1. The first-order valence-corrected chi connectivity index (χ1v) is 12.0. The van der Waals surface area contributed by atoms with E-state index < -0.39 is 0 Å². The summed E-state index contributed by atoms with van der Waals surface area (Å²) in [6, 6.07) is 10.9. The molecule has 3 aliphatic rings. The van der Waals surface area contributed by atoms with Crippen LogP contribution >= 0.6 is 0 Å². The maximum atomic E-state index is 5.67. The minimum atomic E-state index is 0.511. The van der Waals surface area contributed by atoms with E-state index in [1.807, 2.05) is 24.0 Å². The smallest absolute Gasteiger partial charge is 0.148 e. The highest BCUT2D eigenvalue weighted by Gasteiger charge is 2.41. The molecule has 2 unspecified atom stereocenters. The van der Waals surface area contributed by atoms with Crippen LogP contribution in [0, 0.1) is 17.8 Å². The number of likely N-dealkylation sites (tertiary alicyclic amines) is 1. The van der Waals surface area contributed by atoms with Crippen molar-refractivity contribution in [2.75, 3.05) is 38.2 Å². The van der Waals surface area contributed by atoms with Crippen LogP contribution in [0.1, 0.15) is 25.7 Å². The zero-order valence-electron chi connectivity index (χ0n) is 18.8. The molecule has 0 amide bonds. The summed E-state index contributed by atoms with van der Waals surface area (Å²) in [4.78, 5) is 2.69. The molecule has 3 aromatic rings. The van der Waals surface area contributed by atoms with Crippen LogP contribution in [-0.4, -0.2) is 63.8 Å². The molecule has 32 heavy (non-hydrogen) atoms. The number of aromatic nitrogens is 4. The summed E-state index contributed by atoms with van der Waals surface area (Å²) in [5.74, 6) is 3.26. The van der Waals surface area contributed by atoms with Gasteiger partial charge in [-0.1, -0.05) is 6.07 Å². The molecule has 3 fully saturated rings. The van der Waals surface area contributed by atoms with Gasteiger partial charge in [0.05, 0.1) is 17.8 Å². The van der Waals surface area contributed by atoms with Gasteiger partial charge >= 0.3 is 0 Å². The van der Waals surface area contributed by atoms with Crippen LogP contribution < -0.4 is 5.32 Å². The molecule has 2 aliphatic heterocycles. The van der Waals surface area contributed by atoms with Crippen molar-refractivity contribution in [2.45, 2.75) is 31.7 Å². The molecule has 1 aliphatic carbocycles. The van der Waals surface area contributed by atoms with Crippen LogP contribution in [0.25, 0.3) is 22.2 Å². The Morgan fingerprint density at radius 3 is 2.72 bits per heavy atom. The number of hydrogen-bond donors (Lipinski definition) is 1. The summed E-state index contributed by atoms with van der Waals surface area (Å²) in [5, 5.41) is 18.2. The molecule has 0 spiro atoms. The zero-order chi connectivity index (χ0) is 21.5. The minimum absolute atomic E-state index is 0.511. The van der Waals surface area contributed by atoms with Gasteiger partial charge < -0.3 is 15.0 Å². The number of nitrogens with zero attached hydrogens (tertiary/aromatic N) is 5. The molecule has 7 heteroatoms. The number of ether oxygens (including phenoxy) is 1. The Labute approximate surface area is 189 Å². The van der Waals surface area contributed by atoms with Gasteiger partial charge in [-0.3, -0.25) is 4.68 Å². The summed E-state index contributed by atoms with van der Waals surface area (Å²) in [6.45, 7) is 5.64. The molecule has 1 N–H and O–H groups in total. The van der Waals surface area contributed by atoms with Gasteiger partial charge in [-0.15, -0.1) is 10.2 Å². The van der Waals surface area contributed by atoms with E-state index in [0.717, 1.165) is 58.9 Å². The van der Waals surface area contributed by atoms with Crippen LogP contribution in [0.5, 0.6) is 0 Å². The molecular formula is C25H32N6O. The Morgan fingerprint density at radius 2 is 1.97 bits per heavy atom. The van der Waals surface area contributed by atoms with Crippen LogP contribution in [-0.2, 0) is 11.8 Å². The first-order valence-electron chi connectivity index (χ1n) is 12.0. The van der Waals surface area contributed by atoms with Gasteiger partial charge in [0.1, 0.15) is 5.82 Å². The maximum absolute atomic E-state index is 5.67. The zero-order valence-corrected chi connectivity index (χ0v) is 18.8. The van der Waals surface area contributed by atoms with Crippen molar-refractivity contribution in [3.05, 3.63) is 36.5 Å². The van der Waals surface area contributed by atoms with Gasteiger partial charge in [-0.25, -0.2) is 0 Å². The molecule has 0 bridgehead atoms. The minimum Gasteiger partial charge on any atom is -0.381 e. The predicted molar refractivity (Wildman–Crippen MR) is 125 cm³/mol. The van der Waals surface area contributed by atoms with E-state index in [2.05, 4.69) is 49.8 Å². The summed E-state index contributed by atoms with van der Waals surface area (Å²) in [6.07, 6.45) is 7.08. The van der Waals surface area contributed by atoms with E-state index in [0.29, 0.717) is 6.04 Å². The molecule has 168 valence electrons. The normalized spacial score (nSPS) is 28.3. The van der Waals surface area contributed by atoms with Crippen molar-refractivity contribution in [3.8, 4) is 11.3 Å². The molecule has 6 rings (SSSR count). The molecule has 2 aromatic heterocycles. The third-order valence-electron chi connectivity index (χ3n) is 7.53. The average Bonchev–Trinajstić information content (AvgIpc) is 3.46. The highest BCUT2D eigenvalue weighted by Crippen LogP contribution is 2.39. The monoisotopic (exact) mass is 432 g/mol. The number of fused-ring (bicyclic) bond motifs is 2. The molecule has 4 atom stereocenters. The van der Waals surface area contributed by atoms with Gasteiger partial charge in [0.15, 0.2) is 0 Å². The third kappa shape index (κ3) is 4.11. The van der Waals surface area contributed by atoms with Crippen LogP contribution in [0.4, 0.5) is 5.82 Å². The molecule has 7 nitrogen and oxygen atoms in total. The Morgan fingerprint density at radius 1 is 1.09 bits per heavy atom. The maximum Gasteiger partial charge on any atom is 0.148 e. The van der Waals surface area contributed by atoms with Gasteiger partial charge in [0.25, 0.3) is 0 Å². The Kier molecular flexibility index (Phi) is 5.31. The highest BCUT2D eigenvalue weighted by molar-refractivity contribution is 5.83. The Hall–Kier alpha value is -2.51. The van der Waals surface area contributed by atoms with E-state index in [4.69, 9.17) is 4.74 Å². The predicted octanol–water partition coefficient (Wildman–Crippen LogP) is 3.58. The van der Waals surface area contributed by atoms with Crippen molar-refractivity contribution in [2.24, 2.45) is 24.8 Å². The van der Waals surface area contributed by atoms with Gasteiger partial charge in [-0.2, -0.15) is 5.10 Å². The summed E-state index contributed by atoms with van der Waals surface area (Å²) < 4.78 is 7.51. The van der Waals surface area contributed by atoms with E-state index >= 15 is 0 Å². The van der Waals surface area contributed by atoms with Crippen LogP contribution in [0.3, 0.4) is 0 Å². The van der Waals surface area contributed by atoms with Gasteiger partial charge in [0.2, 0.25) is 0 Å². The average molecular weight is 433 g/mol. The van der Waals surface area contributed by atoms with E-state index in [1.54, 1.807) is 0 Å². The number of hydrogen-bond acceptors (Lipinski definition) is 6. The second-order valence-electron chi connectivity index (χ2n) is 10.0. The second kappa shape index (κ2) is 8.45. The summed E-state index contributed by atoms with van der Waals surface area (Å²) in [5.41, 5.74) is 2.97. The summed E-state index contributed by atoms with van der Waals surface area (Å²) in [7, 11) is 1.94. The fraction of sp³-hybridized carbons (Fsp3) is 0.560. The van der Waals surface area contributed by atoms with Crippen molar-refractivity contribution >= 4 is 16.7 Å². The Bertz CT molecular complexity index is 1060. The van der Waals surface area contributed by atoms with E-state index in [1.165, 1.54) is 45.3 Å². The van der Waals surface area contributed by atoms with Crippen LogP contribution in [0.15, 0.2) is 36.5 Å². The third-order valence-corrected chi connectivity index (χ3v) is 7.53. The first-order chi connectivity index (χ1) is 15.7. The van der Waals surface area contributed by atoms with E-state index in [-0.39, 0.29) is 0 Å². The van der Waals surface area contributed by atoms with E-state index in [9.17, 15) is 0 Å². The van der Waals surface area contributed by atoms with Gasteiger partial charge in [0, 0.05) is 56.5 Å². The molecule has 1 saturated carbocycles. The van der Waals surface area contributed by atoms with Crippen LogP contribution in [0.2, 0.25) is 0 Å². The second-order valence-corrected chi connectivity index (χ2v) is 10.0. The SMILES string of the molecule is Cn1cc2cc(-c3ccc(NC4C[C@@H]5CN(CC6CCCOC6)C[C@@H]5C4)nn3)ccc2n1. The van der Waals surface area contributed by atoms with Gasteiger partial charge in [-0.05, 0) is 67.7 Å². The quantitative estimate of drug-likeness (QED) is 0.665. The molecular weight excluding hydrogens is 400 g/mol. The largest absolute Gasteiger partial charge is 0.381 e. The standard InChI is InChI=1S/C25H32N6O/c1-30-13-21-9-18(4-5-24(21)29-30)23-6-7-25(28-27-23)26-22-10-19-14-31(15-20(19)11-22)12-17-3-2-8-32-16-17/h4-7,9,13,17,19-20,22H,2-3,8,10-12,14-16H2,1H3,(H,26,28)/t17?,19-,20+,22?. The lowest BCUT2D eigenvalue weighted by Gasteiger charge is -2.27. The number of aryl methyl sites for hydroxylation is 1. The van der Waals surface area contributed by atoms with Crippen molar-refractivity contribution in [1.82, 2.24) is 24.9 Å². The molecule has 1 aromatic carbocycles. The van der Waals surface area contributed by atoms with Crippen molar-refractivity contribution in [3.63, 3.8) is 0 Å².